The van der Waals surface area contributed by atoms with E-state index in [9.17, 15) is 9.59 Å². The fraction of sp³-hybridized carbons (Fsp3) is 0.615. The lowest BCUT2D eigenvalue weighted by atomic mass is 9.91. The summed E-state index contributed by atoms with van der Waals surface area (Å²) in [6, 6.07) is 0. The average molecular weight is 264 g/mol. The Balaban J connectivity index is 2.01. The number of aromatic amines is 1. The lowest BCUT2D eigenvalue weighted by Gasteiger charge is -2.17. The molecule has 1 amide bonds. The van der Waals surface area contributed by atoms with Crippen LogP contribution in [0.2, 0.25) is 0 Å². The van der Waals surface area contributed by atoms with Gasteiger partial charge in [0, 0.05) is 31.5 Å². The third kappa shape index (κ3) is 3.41. The zero-order chi connectivity index (χ0) is 13.7. The van der Waals surface area contributed by atoms with Crippen molar-refractivity contribution in [3.05, 3.63) is 27.2 Å². The third-order valence-corrected chi connectivity index (χ3v) is 3.44. The zero-order valence-electron chi connectivity index (χ0n) is 11.0. The number of H-pyrrole nitrogens is 1. The van der Waals surface area contributed by atoms with Crippen LogP contribution in [0.5, 0.6) is 0 Å². The number of hydrogen-bond acceptors (Lipinski definition) is 4. The van der Waals surface area contributed by atoms with Crippen LogP contribution in [0, 0.1) is 0 Å². The minimum atomic E-state index is -0.0642. The van der Waals surface area contributed by atoms with Crippen molar-refractivity contribution in [2.24, 2.45) is 5.73 Å². The van der Waals surface area contributed by atoms with E-state index < -0.39 is 0 Å². The molecule has 0 bridgehead atoms. The molecule has 1 heterocycles. The van der Waals surface area contributed by atoms with Crippen LogP contribution >= 0.6 is 0 Å². The standard InChI is InChI=1S/C13H20N4O2/c14-7-5-12(18)15-8-6-11-9-3-1-2-4-10(9)13(19)17-16-11/h1-8,14H2,(H,15,18)(H,17,19). The first kappa shape index (κ1) is 13.7. The van der Waals surface area contributed by atoms with Gasteiger partial charge in [-0.25, -0.2) is 5.10 Å². The number of amides is 1. The van der Waals surface area contributed by atoms with E-state index in [0.29, 0.717) is 25.9 Å². The van der Waals surface area contributed by atoms with Gasteiger partial charge in [0.05, 0.1) is 5.69 Å². The molecule has 0 fully saturated rings. The highest BCUT2D eigenvalue weighted by Crippen LogP contribution is 2.20. The van der Waals surface area contributed by atoms with Crippen LogP contribution in [0.15, 0.2) is 4.79 Å². The van der Waals surface area contributed by atoms with Crippen LogP contribution in [0.25, 0.3) is 0 Å². The number of carbonyl (C=O) groups excluding carboxylic acids is 1. The predicted molar refractivity (Wildman–Crippen MR) is 71.9 cm³/mol. The first-order valence-corrected chi connectivity index (χ1v) is 6.78. The molecule has 1 aromatic heterocycles. The van der Waals surface area contributed by atoms with Gasteiger partial charge in [-0.15, -0.1) is 0 Å². The normalized spacial score (nSPS) is 13.9. The molecule has 1 aliphatic carbocycles. The van der Waals surface area contributed by atoms with Crippen molar-refractivity contribution >= 4 is 5.91 Å². The molecule has 0 saturated carbocycles. The third-order valence-electron chi connectivity index (χ3n) is 3.44. The van der Waals surface area contributed by atoms with Crippen LogP contribution in [-0.4, -0.2) is 29.2 Å². The van der Waals surface area contributed by atoms with Crippen LogP contribution in [0.4, 0.5) is 0 Å². The average Bonchev–Trinajstić information content (AvgIpc) is 2.42. The van der Waals surface area contributed by atoms with Gasteiger partial charge >= 0.3 is 0 Å². The van der Waals surface area contributed by atoms with E-state index in [1.54, 1.807) is 0 Å². The Kier molecular flexibility index (Phi) is 4.68. The maximum absolute atomic E-state index is 11.7. The summed E-state index contributed by atoms with van der Waals surface area (Å²) >= 11 is 0. The van der Waals surface area contributed by atoms with Crippen LogP contribution < -0.4 is 16.6 Å². The highest BCUT2D eigenvalue weighted by Gasteiger charge is 2.17. The van der Waals surface area contributed by atoms with Crippen molar-refractivity contribution in [1.29, 1.82) is 0 Å². The summed E-state index contributed by atoms with van der Waals surface area (Å²) in [5.74, 6) is -0.0409. The minimum absolute atomic E-state index is 0.0409. The number of nitrogens with one attached hydrogen (secondary N) is 2. The second-order valence-electron chi connectivity index (χ2n) is 4.80. The number of hydrogen-bond donors (Lipinski definition) is 3. The number of carbonyl (C=O) groups is 1. The second kappa shape index (κ2) is 6.47. The SMILES string of the molecule is NCCC(=O)NCCc1n[nH]c(=O)c2c1CCCC2. The van der Waals surface area contributed by atoms with E-state index in [1.165, 1.54) is 0 Å². The molecule has 2 rings (SSSR count). The molecule has 0 spiro atoms. The molecule has 0 aromatic carbocycles. The van der Waals surface area contributed by atoms with Gasteiger partial charge in [-0.2, -0.15) is 5.10 Å². The monoisotopic (exact) mass is 264 g/mol. The molecule has 0 aliphatic heterocycles. The van der Waals surface area contributed by atoms with E-state index in [4.69, 9.17) is 5.73 Å². The molecule has 0 unspecified atom stereocenters. The van der Waals surface area contributed by atoms with Crippen LogP contribution in [-0.2, 0) is 24.1 Å². The van der Waals surface area contributed by atoms with Crippen molar-refractivity contribution < 1.29 is 4.79 Å². The lowest BCUT2D eigenvalue weighted by Crippen LogP contribution is -2.29. The number of fused-ring (bicyclic) bond motifs is 1. The van der Waals surface area contributed by atoms with Gasteiger partial charge in [0.25, 0.3) is 5.56 Å². The van der Waals surface area contributed by atoms with Crippen molar-refractivity contribution in [2.45, 2.75) is 38.5 Å². The zero-order valence-corrected chi connectivity index (χ0v) is 11.0. The molecule has 6 nitrogen and oxygen atoms in total. The first-order valence-electron chi connectivity index (χ1n) is 6.78. The summed E-state index contributed by atoms with van der Waals surface area (Å²) in [4.78, 5) is 23.0. The van der Waals surface area contributed by atoms with Gasteiger partial charge in [0.15, 0.2) is 0 Å². The smallest absolute Gasteiger partial charge is 0.267 e. The quantitative estimate of drug-likeness (QED) is 0.677. The molecule has 19 heavy (non-hydrogen) atoms. The number of rotatable bonds is 5. The molecule has 104 valence electrons. The molecule has 4 N–H and O–H groups in total. The number of nitrogens with two attached hydrogens (primary N) is 1. The van der Waals surface area contributed by atoms with Crippen molar-refractivity contribution in [2.75, 3.05) is 13.1 Å². The summed E-state index contributed by atoms with van der Waals surface area (Å²) in [7, 11) is 0. The summed E-state index contributed by atoms with van der Waals surface area (Å²) in [6.45, 7) is 0.891. The van der Waals surface area contributed by atoms with E-state index >= 15 is 0 Å². The number of aromatic nitrogens is 2. The molecule has 1 aliphatic rings. The van der Waals surface area contributed by atoms with Crippen LogP contribution in [0.3, 0.4) is 0 Å². The molecule has 0 radical (unpaired) electrons. The molecule has 6 heteroatoms. The van der Waals surface area contributed by atoms with Crippen molar-refractivity contribution in [3.8, 4) is 0 Å². The van der Waals surface area contributed by atoms with Gasteiger partial charge in [0.1, 0.15) is 0 Å². The lowest BCUT2D eigenvalue weighted by molar-refractivity contribution is -0.120. The van der Waals surface area contributed by atoms with Crippen molar-refractivity contribution in [3.63, 3.8) is 0 Å². The maximum atomic E-state index is 11.7. The van der Waals surface area contributed by atoms with Crippen molar-refractivity contribution in [1.82, 2.24) is 15.5 Å². The largest absolute Gasteiger partial charge is 0.356 e. The Morgan fingerprint density at radius 1 is 1.32 bits per heavy atom. The Morgan fingerprint density at radius 3 is 2.79 bits per heavy atom. The Labute approximate surface area is 111 Å². The minimum Gasteiger partial charge on any atom is -0.356 e. The van der Waals surface area contributed by atoms with Gasteiger partial charge in [0.2, 0.25) is 5.91 Å². The van der Waals surface area contributed by atoms with Gasteiger partial charge in [-0.1, -0.05) is 0 Å². The fourth-order valence-corrected chi connectivity index (χ4v) is 2.47. The molecular formula is C13H20N4O2. The van der Waals surface area contributed by atoms with E-state index in [-0.39, 0.29) is 11.5 Å². The van der Waals surface area contributed by atoms with E-state index in [2.05, 4.69) is 15.5 Å². The Bertz CT molecular complexity index is 510. The summed E-state index contributed by atoms with van der Waals surface area (Å²) in [5, 5.41) is 9.48. The number of nitrogens with zero attached hydrogens (tertiary/aromatic N) is 1. The first-order chi connectivity index (χ1) is 9.22. The molecular weight excluding hydrogens is 244 g/mol. The van der Waals surface area contributed by atoms with Gasteiger partial charge in [-0.3, -0.25) is 9.59 Å². The maximum Gasteiger partial charge on any atom is 0.267 e. The summed E-state index contributed by atoms with van der Waals surface area (Å²) in [6.07, 6.45) is 4.90. The van der Waals surface area contributed by atoms with E-state index in [0.717, 1.165) is 42.5 Å². The second-order valence-corrected chi connectivity index (χ2v) is 4.80. The summed E-state index contributed by atoms with van der Waals surface area (Å²) in [5.41, 5.74) is 8.11. The molecule has 1 aromatic rings. The van der Waals surface area contributed by atoms with Crippen LogP contribution in [0.1, 0.15) is 36.1 Å². The van der Waals surface area contributed by atoms with Gasteiger partial charge < -0.3 is 11.1 Å². The fourth-order valence-electron chi connectivity index (χ4n) is 2.47. The summed E-state index contributed by atoms with van der Waals surface area (Å²) < 4.78 is 0. The predicted octanol–water partition coefficient (Wildman–Crippen LogP) is -0.344. The molecule has 0 saturated heterocycles. The Morgan fingerprint density at radius 2 is 2.05 bits per heavy atom. The van der Waals surface area contributed by atoms with E-state index in [1.807, 2.05) is 0 Å². The van der Waals surface area contributed by atoms with Gasteiger partial charge in [-0.05, 0) is 31.2 Å². The highest BCUT2D eigenvalue weighted by molar-refractivity contribution is 5.75. The topological polar surface area (TPSA) is 101 Å². The molecule has 0 atom stereocenters. The Hall–Kier alpha value is -1.69. The highest BCUT2D eigenvalue weighted by atomic mass is 16.1.